The van der Waals surface area contributed by atoms with Crippen molar-refractivity contribution in [3.8, 4) is 0 Å². The fourth-order valence-electron chi connectivity index (χ4n) is 3.13. The Balaban J connectivity index is 1.65. The maximum Gasteiger partial charge on any atom is 0.329 e. The minimum atomic E-state index is -0.458. The molecule has 1 saturated carbocycles. The average Bonchev–Trinajstić information content (AvgIpc) is 2.66. The van der Waals surface area contributed by atoms with E-state index in [1.807, 2.05) is 30.3 Å². The van der Waals surface area contributed by atoms with Crippen LogP contribution in [0.4, 0.5) is 17.5 Å². The normalized spacial score (nSPS) is 19.7. The quantitative estimate of drug-likeness (QED) is 0.515. The van der Waals surface area contributed by atoms with Gasteiger partial charge in [-0.1, -0.05) is 30.3 Å². The summed E-state index contributed by atoms with van der Waals surface area (Å²) in [5.74, 6) is 1.09. The van der Waals surface area contributed by atoms with E-state index in [0.717, 1.165) is 31.2 Å². The largest absolute Gasteiger partial charge is 0.364 e. The van der Waals surface area contributed by atoms with Gasteiger partial charge in [-0.25, -0.2) is 4.98 Å². The number of nitrogens with zero attached hydrogens (tertiary/aromatic N) is 3. The van der Waals surface area contributed by atoms with Gasteiger partial charge in [-0.05, 0) is 37.2 Å². The number of benzene rings is 1. The summed E-state index contributed by atoms with van der Waals surface area (Å²) in [6, 6.07) is 10.1. The van der Waals surface area contributed by atoms with Crippen LogP contribution in [0.15, 0.2) is 36.5 Å². The Labute approximate surface area is 152 Å². The van der Waals surface area contributed by atoms with Crippen LogP contribution in [0.2, 0.25) is 0 Å². The molecular formula is C18H24N6O2. The Morgan fingerprint density at radius 1 is 1.15 bits per heavy atom. The molecule has 0 spiro atoms. The first-order chi connectivity index (χ1) is 12.6. The van der Waals surface area contributed by atoms with E-state index in [2.05, 4.69) is 20.6 Å². The SMILES string of the molecule is N[C@H]1CC[C@H](CNc2nc(NCc3ccccc3)ncc2[N+](=O)[O-])CC1. The molecule has 8 nitrogen and oxygen atoms in total. The second-order valence-corrected chi connectivity index (χ2v) is 6.69. The fraction of sp³-hybridized carbons (Fsp3) is 0.444. The Hall–Kier alpha value is -2.74. The molecule has 0 aliphatic heterocycles. The van der Waals surface area contributed by atoms with Crippen molar-refractivity contribution >= 4 is 17.5 Å². The molecule has 0 radical (unpaired) electrons. The molecule has 0 unspecified atom stereocenters. The molecule has 1 aliphatic carbocycles. The zero-order valence-electron chi connectivity index (χ0n) is 14.6. The summed E-state index contributed by atoms with van der Waals surface area (Å²) in [5, 5.41) is 17.5. The number of nitro groups is 1. The Kier molecular flexibility index (Phi) is 5.96. The van der Waals surface area contributed by atoms with Gasteiger partial charge in [0.25, 0.3) is 0 Å². The number of hydrogen-bond donors (Lipinski definition) is 3. The highest BCUT2D eigenvalue weighted by atomic mass is 16.6. The molecule has 0 bridgehead atoms. The van der Waals surface area contributed by atoms with Crippen LogP contribution in [0.1, 0.15) is 31.2 Å². The number of hydrogen-bond acceptors (Lipinski definition) is 7. The molecule has 4 N–H and O–H groups in total. The van der Waals surface area contributed by atoms with E-state index in [-0.39, 0.29) is 17.5 Å². The van der Waals surface area contributed by atoms with Crippen LogP contribution in [0.3, 0.4) is 0 Å². The van der Waals surface area contributed by atoms with Crippen molar-refractivity contribution in [2.45, 2.75) is 38.3 Å². The van der Waals surface area contributed by atoms with Gasteiger partial charge in [0.2, 0.25) is 11.8 Å². The minimum absolute atomic E-state index is 0.109. The molecule has 138 valence electrons. The van der Waals surface area contributed by atoms with Gasteiger partial charge in [-0.3, -0.25) is 10.1 Å². The molecule has 1 aromatic heterocycles. The number of nitrogens with two attached hydrogens (primary N) is 1. The molecule has 0 saturated heterocycles. The van der Waals surface area contributed by atoms with E-state index in [9.17, 15) is 10.1 Å². The first-order valence-corrected chi connectivity index (χ1v) is 8.90. The van der Waals surface area contributed by atoms with Crippen LogP contribution < -0.4 is 16.4 Å². The van der Waals surface area contributed by atoms with Crippen LogP contribution >= 0.6 is 0 Å². The number of nitrogens with one attached hydrogen (secondary N) is 2. The molecule has 26 heavy (non-hydrogen) atoms. The van der Waals surface area contributed by atoms with Crippen LogP contribution in [0, 0.1) is 16.0 Å². The van der Waals surface area contributed by atoms with Crippen LogP contribution in [-0.4, -0.2) is 27.5 Å². The summed E-state index contributed by atoms with van der Waals surface area (Å²) in [5.41, 5.74) is 6.91. The molecule has 2 aromatic rings. The van der Waals surface area contributed by atoms with Gasteiger partial charge in [0.05, 0.1) is 4.92 Å². The van der Waals surface area contributed by atoms with Gasteiger partial charge in [-0.15, -0.1) is 0 Å². The lowest BCUT2D eigenvalue weighted by Crippen LogP contribution is -2.29. The van der Waals surface area contributed by atoms with Gasteiger partial charge in [0.15, 0.2) is 0 Å². The summed E-state index contributed by atoms with van der Waals surface area (Å²) < 4.78 is 0. The third-order valence-corrected chi connectivity index (χ3v) is 4.71. The van der Waals surface area contributed by atoms with Crippen molar-refractivity contribution in [2.24, 2.45) is 11.7 Å². The van der Waals surface area contributed by atoms with Gasteiger partial charge in [0, 0.05) is 19.1 Å². The Morgan fingerprint density at radius 3 is 2.58 bits per heavy atom. The number of anilines is 2. The van der Waals surface area contributed by atoms with Gasteiger partial charge in [0.1, 0.15) is 6.20 Å². The van der Waals surface area contributed by atoms with E-state index in [1.54, 1.807) is 0 Å². The highest BCUT2D eigenvalue weighted by Crippen LogP contribution is 2.26. The second-order valence-electron chi connectivity index (χ2n) is 6.69. The van der Waals surface area contributed by atoms with Crippen molar-refractivity contribution < 1.29 is 4.92 Å². The lowest BCUT2D eigenvalue weighted by atomic mass is 9.86. The van der Waals surface area contributed by atoms with Crippen LogP contribution in [0.5, 0.6) is 0 Å². The van der Waals surface area contributed by atoms with Crippen LogP contribution in [-0.2, 0) is 6.54 Å². The molecule has 0 atom stereocenters. The van der Waals surface area contributed by atoms with Crippen molar-refractivity contribution in [2.75, 3.05) is 17.2 Å². The molecule has 1 heterocycles. The van der Waals surface area contributed by atoms with Crippen LogP contribution in [0.25, 0.3) is 0 Å². The smallest absolute Gasteiger partial charge is 0.329 e. The van der Waals surface area contributed by atoms with Crippen molar-refractivity contribution in [3.05, 3.63) is 52.2 Å². The van der Waals surface area contributed by atoms with Crippen molar-refractivity contribution in [3.63, 3.8) is 0 Å². The standard InChI is InChI=1S/C18H24N6O2/c19-15-8-6-14(7-9-15)10-20-17-16(24(25)26)12-22-18(23-17)21-11-13-4-2-1-3-5-13/h1-5,12,14-15H,6-11,19H2,(H2,20,21,22,23)/t14-,15-. The molecule has 1 aliphatic rings. The highest BCUT2D eigenvalue weighted by molar-refractivity contribution is 5.57. The molecular weight excluding hydrogens is 332 g/mol. The zero-order chi connectivity index (χ0) is 18.4. The van der Waals surface area contributed by atoms with Crippen molar-refractivity contribution in [1.29, 1.82) is 0 Å². The molecule has 1 fully saturated rings. The van der Waals surface area contributed by atoms with E-state index in [1.165, 1.54) is 6.20 Å². The monoisotopic (exact) mass is 356 g/mol. The predicted molar refractivity (Wildman–Crippen MR) is 101 cm³/mol. The van der Waals surface area contributed by atoms with E-state index < -0.39 is 4.92 Å². The molecule has 1 aromatic carbocycles. The Morgan fingerprint density at radius 2 is 1.88 bits per heavy atom. The molecule has 8 heteroatoms. The topological polar surface area (TPSA) is 119 Å². The molecule has 3 rings (SSSR count). The lowest BCUT2D eigenvalue weighted by molar-refractivity contribution is -0.384. The van der Waals surface area contributed by atoms with E-state index in [4.69, 9.17) is 5.73 Å². The first kappa shape index (κ1) is 18.1. The van der Waals surface area contributed by atoms with Gasteiger partial charge in [-0.2, -0.15) is 4.98 Å². The molecule has 0 amide bonds. The lowest BCUT2D eigenvalue weighted by Gasteiger charge is -2.26. The summed E-state index contributed by atoms with van der Waals surface area (Å²) in [7, 11) is 0. The minimum Gasteiger partial charge on any atom is -0.364 e. The highest BCUT2D eigenvalue weighted by Gasteiger charge is 2.21. The predicted octanol–water partition coefficient (Wildman–Crippen LogP) is 2.93. The third kappa shape index (κ3) is 4.89. The van der Waals surface area contributed by atoms with E-state index >= 15 is 0 Å². The third-order valence-electron chi connectivity index (χ3n) is 4.71. The van der Waals surface area contributed by atoms with Gasteiger partial charge < -0.3 is 16.4 Å². The summed E-state index contributed by atoms with van der Waals surface area (Å²) in [6.45, 7) is 1.21. The zero-order valence-corrected chi connectivity index (χ0v) is 14.6. The number of aromatic nitrogens is 2. The maximum atomic E-state index is 11.3. The maximum absolute atomic E-state index is 11.3. The summed E-state index contributed by atoms with van der Waals surface area (Å²) in [6.07, 6.45) is 5.32. The summed E-state index contributed by atoms with van der Waals surface area (Å²) >= 11 is 0. The average molecular weight is 356 g/mol. The number of rotatable bonds is 7. The Bertz CT molecular complexity index is 732. The fourth-order valence-corrected chi connectivity index (χ4v) is 3.13. The van der Waals surface area contributed by atoms with Gasteiger partial charge >= 0.3 is 5.69 Å². The second kappa shape index (κ2) is 8.57. The van der Waals surface area contributed by atoms with E-state index in [0.29, 0.717) is 25.0 Å². The summed E-state index contributed by atoms with van der Waals surface area (Å²) in [4.78, 5) is 19.2. The first-order valence-electron chi connectivity index (χ1n) is 8.90. The van der Waals surface area contributed by atoms with Crippen molar-refractivity contribution in [1.82, 2.24) is 9.97 Å².